The number of fused-ring (bicyclic) bond motifs is 1. The molecule has 0 N–H and O–H groups in total. The zero-order chi connectivity index (χ0) is 16.0. The summed E-state index contributed by atoms with van der Waals surface area (Å²) in [6.07, 6.45) is 1.23. The fraction of sp³-hybridized carbons (Fsp3) is 0.375. The third-order valence-electron chi connectivity index (χ3n) is 4.66. The van der Waals surface area contributed by atoms with Gasteiger partial charge in [-0.25, -0.2) is 0 Å². The summed E-state index contributed by atoms with van der Waals surface area (Å²) in [5.74, 6) is -0.996. The molecule has 2 atom stereocenters. The molecule has 1 aromatic carbocycles. The van der Waals surface area contributed by atoms with E-state index in [-0.39, 0.29) is 29.3 Å². The molecule has 1 aliphatic heterocycles. The van der Waals surface area contributed by atoms with Gasteiger partial charge in [0, 0.05) is 12.1 Å². The van der Waals surface area contributed by atoms with Gasteiger partial charge in [0.2, 0.25) is 11.8 Å². The molecule has 3 rings (SSSR count). The lowest BCUT2D eigenvalue weighted by Crippen LogP contribution is -2.30. The summed E-state index contributed by atoms with van der Waals surface area (Å²) in [7, 11) is 0. The van der Waals surface area contributed by atoms with E-state index in [1.165, 1.54) is 40.3 Å². The van der Waals surface area contributed by atoms with Gasteiger partial charge in [-0.3, -0.25) is 24.6 Å². The number of amides is 2. The Morgan fingerprint density at radius 1 is 1.00 bits per heavy atom. The minimum atomic E-state index is -0.506. The van der Waals surface area contributed by atoms with Gasteiger partial charge in [-0.05, 0) is 38.8 Å². The molecule has 1 aliphatic carbocycles. The third kappa shape index (κ3) is 2.11. The number of nitro groups is 1. The summed E-state index contributed by atoms with van der Waals surface area (Å²) < 4.78 is 0. The van der Waals surface area contributed by atoms with E-state index < -0.39 is 4.92 Å². The number of rotatable bonds is 2. The van der Waals surface area contributed by atoms with Crippen LogP contribution in [-0.4, -0.2) is 16.7 Å². The molecule has 6 nitrogen and oxygen atoms in total. The average Bonchev–Trinajstić information content (AvgIpc) is 2.72. The van der Waals surface area contributed by atoms with Crippen molar-refractivity contribution in [1.29, 1.82) is 0 Å². The highest BCUT2D eigenvalue weighted by molar-refractivity contribution is 6.22. The Morgan fingerprint density at radius 3 is 1.86 bits per heavy atom. The smallest absolute Gasteiger partial charge is 0.269 e. The number of carbonyl (C=O) groups is 2. The first-order valence-electron chi connectivity index (χ1n) is 7.17. The maximum atomic E-state index is 12.6. The first kappa shape index (κ1) is 14.4. The van der Waals surface area contributed by atoms with Crippen LogP contribution in [0, 0.1) is 22.0 Å². The Bertz CT molecular complexity index is 673. The van der Waals surface area contributed by atoms with E-state index in [1.54, 1.807) is 0 Å². The van der Waals surface area contributed by atoms with Crippen LogP contribution in [0.15, 0.2) is 35.4 Å². The maximum Gasteiger partial charge on any atom is 0.269 e. The molecule has 22 heavy (non-hydrogen) atoms. The van der Waals surface area contributed by atoms with E-state index in [0.29, 0.717) is 18.5 Å². The summed E-state index contributed by atoms with van der Waals surface area (Å²) >= 11 is 0. The molecule has 0 aromatic heterocycles. The van der Waals surface area contributed by atoms with Gasteiger partial charge in [0.15, 0.2) is 0 Å². The number of anilines is 1. The second-order valence-corrected chi connectivity index (χ2v) is 5.97. The molecule has 1 fully saturated rings. The van der Waals surface area contributed by atoms with Crippen LogP contribution in [0.2, 0.25) is 0 Å². The zero-order valence-corrected chi connectivity index (χ0v) is 12.4. The van der Waals surface area contributed by atoms with E-state index in [4.69, 9.17) is 0 Å². The Labute approximate surface area is 127 Å². The molecule has 0 saturated carbocycles. The number of carbonyl (C=O) groups excluding carboxylic acids is 2. The highest BCUT2D eigenvalue weighted by Gasteiger charge is 2.49. The Kier molecular flexibility index (Phi) is 3.31. The van der Waals surface area contributed by atoms with Crippen LogP contribution in [0.3, 0.4) is 0 Å². The minimum Gasteiger partial charge on any atom is -0.274 e. The van der Waals surface area contributed by atoms with Crippen molar-refractivity contribution in [2.75, 3.05) is 4.90 Å². The number of non-ortho nitro benzene ring substituents is 1. The molecule has 2 aliphatic rings. The van der Waals surface area contributed by atoms with Crippen LogP contribution >= 0.6 is 0 Å². The zero-order valence-electron chi connectivity index (χ0n) is 12.4. The molecule has 1 aromatic rings. The minimum absolute atomic E-state index is 0.0615. The topological polar surface area (TPSA) is 80.5 Å². The monoisotopic (exact) mass is 300 g/mol. The number of allylic oxidation sites excluding steroid dienone is 2. The normalized spacial score (nSPS) is 24.7. The van der Waals surface area contributed by atoms with Crippen molar-refractivity contribution >= 4 is 23.2 Å². The molecular formula is C16H16N2O4. The molecule has 1 saturated heterocycles. The van der Waals surface area contributed by atoms with Gasteiger partial charge in [0.25, 0.3) is 5.69 Å². The number of hydrogen-bond donors (Lipinski definition) is 0. The highest BCUT2D eigenvalue weighted by Crippen LogP contribution is 2.42. The summed E-state index contributed by atoms with van der Waals surface area (Å²) in [6.45, 7) is 4.00. The van der Waals surface area contributed by atoms with Crippen LogP contribution in [0.5, 0.6) is 0 Å². The molecule has 0 bridgehead atoms. The van der Waals surface area contributed by atoms with Crippen molar-refractivity contribution in [2.24, 2.45) is 11.8 Å². The molecule has 0 radical (unpaired) electrons. The quantitative estimate of drug-likeness (QED) is 0.364. The van der Waals surface area contributed by atoms with Crippen molar-refractivity contribution in [2.45, 2.75) is 26.7 Å². The standard InChI is InChI=1S/C16H16N2O4/c1-9-7-13-14(8-10(9)2)16(20)17(15(13)19)11-3-5-12(6-4-11)18(21)22/h3-6,13-14H,7-8H2,1-2H3/t13-,14+. The second kappa shape index (κ2) is 5.05. The van der Waals surface area contributed by atoms with E-state index in [1.807, 2.05) is 13.8 Å². The van der Waals surface area contributed by atoms with Gasteiger partial charge in [-0.2, -0.15) is 0 Å². The average molecular weight is 300 g/mol. The van der Waals surface area contributed by atoms with E-state index in [0.717, 1.165) is 0 Å². The largest absolute Gasteiger partial charge is 0.274 e. The number of nitrogens with zero attached hydrogens (tertiary/aromatic N) is 2. The summed E-state index contributed by atoms with van der Waals surface area (Å²) in [5.41, 5.74) is 2.69. The van der Waals surface area contributed by atoms with Crippen LogP contribution in [0.1, 0.15) is 26.7 Å². The summed E-state index contributed by atoms with van der Waals surface area (Å²) in [6, 6.07) is 5.54. The number of hydrogen-bond acceptors (Lipinski definition) is 4. The van der Waals surface area contributed by atoms with Crippen molar-refractivity contribution in [1.82, 2.24) is 0 Å². The SMILES string of the molecule is CC1=C(C)C[C@H]2C(=O)N(c3ccc([N+](=O)[O-])cc3)C(=O)[C@H]2C1. The summed E-state index contributed by atoms with van der Waals surface area (Å²) in [4.78, 5) is 36.5. The maximum absolute atomic E-state index is 12.6. The van der Waals surface area contributed by atoms with Gasteiger partial charge < -0.3 is 0 Å². The Morgan fingerprint density at radius 2 is 1.45 bits per heavy atom. The lowest BCUT2D eigenvalue weighted by molar-refractivity contribution is -0.384. The lowest BCUT2D eigenvalue weighted by atomic mass is 9.78. The van der Waals surface area contributed by atoms with Crippen LogP contribution < -0.4 is 4.90 Å². The highest BCUT2D eigenvalue weighted by atomic mass is 16.6. The van der Waals surface area contributed by atoms with Gasteiger partial charge in [0.05, 0.1) is 22.4 Å². The van der Waals surface area contributed by atoms with E-state index in [9.17, 15) is 19.7 Å². The number of nitro benzene ring substituents is 1. The fourth-order valence-electron chi connectivity index (χ4n) is 3.23. The molecule has 114 valence electrons. The molecule has 1 heterocycles. The lowest BCUT2D eigenvalue weighted by Gasteiger charge is -2.23. The van der Waals surface area contributed by atoms with E-state index >= 15 is 0 Å². The van der Waals surface area contributed by atoms with E-state index in [2.05, 4.69) is 0 Å². The molecule has 6 heteroatoms. The predicted octanol–water partition coefficient (Wildman–Crippen LogP) is 2.83. The van der Waals surface area contributed by atoms with Gasteiger partial charge in [-0.1, -0.05) is 11.1 Å². The third-order valence-corrected chi connectivity index (χ3v) is 4.66. The van der Waals surface area contributed by atoms with Crippen molar-refractivity contribution in [3.05, 3.63) is 45.5 Å². The summed E-state index contributed by atoms with van der Waals surface area (Å²) in [5, 5.41) is 10.7. The molecular weight excluding hydrogens is 284 g/mol. The van der Waals surface area contributed by atoms with Crippen molar-refractivity contribution < 1.29 is 14.5 Å². The van der Waals surface area contributed by atoms with Crippen LogP contribution in [0.25, 0.3) is 0 Å². The molecule has 2 amide bonds. The molecule has 0 unspecified atom stereocenters. The van der Waals surface area contributed by atoms with Gasteiger partial charge in [-0.15, -0.1) is 0 Å². The van der Waals surface area contributed by atoms with Crippen LogP contribution in [-0.2, 0) is 9.59 Å². The van der Waals surface area contributed by atoms with Crippen molar-refractivity contribution in [3.63, 3.8) is 0 Å². The van der Waals surface area contributed by atoms with Crippen molar-refractivity contribution in [3.8, 4) is 0 Å². The van der Waals surface area contributed by atoms with Crippen LogP contribution in [0.4, 0.5) is 11.4 Å². The first-order chi connectivity index (χ1) is 10.4. The Balaban J connectivity index is 1.92. The fourth-order valence-corrected chi connectivity index (χ4v) is 3.23. The van der Waals surface area contributed by atoms with Gasteiger partial charge in [0.1, 0.15) is 0 Å². The number of imide groups is 1. The predicted molar refractivity (Wildman–Crippen MR) is 80.2 cm³/mol. The number of benzene rings is 1. The van der Waals surface area contributed by atoms with Gasteiger partial charge >= 0.3 is 0 Å². The second-order valence-electron chi connectivity index (χ2n) is 5.97. The molecule has 0 spiro atoms. The Hall–Kier alpha value is -2.50. The first-order valence-corrected chi connectivity index (χ1v) is 7.17.